The molecule has 5 heteroatoms. The van der Waals surface area contributed by atoms with Gasteiger partial charge in [-0.3, -0.25) is 4.98 Å². The molecule has 0 aliphatic rings. The summed E-state index contributed by atoms with van der Waals surface area (Å²) in [6.07, 6.45) is 1.76. The summed E-state index contributed by atoms with van der Waals surface area (Å²) in [5, 5.41) is 20.7. The van der Waals surface area contributed by atoms with Crippen molar-refractivity contribution in [1.29, 1.82) is 0 Å². The molecule has 0 amide bonds. The number of nitrogens with zero attached hydrogens (tertiary/aromatic N) is 2. The smallest absolute Gasteiger partial charge is 0.423 e. The van der Waals surface area contributed by atoms with Gasteiger partial charge in [0.1, 0.15) is 0 Å². The van der Waals surface area contributed by atoms with Gasteiger partial charge < -0.3 is 10.0 Å². The molecular formula is C18H13BN2O2. The first-order valence-electron chi connectivity index (χ1n) is 7.33. The van der Waals surface area contributed by atoms with Gasteiger partial charge >= 0.3 is 7.12 Å². The Balaban J connectivity index is 1.94. The fourth-order valence-electron chi connectivity index (χ4n) is 2.74. The van der Waals surface area contributed by atoms with Gasteiger partial charge in [-0.1, -0.05) is 48.5 Å². The van der Waals surface area contributed by atoms with Crippen LogP contribution < -0.4 is 5.46 Å². The molecule has 0 atom stereocenters. The van der Waals surface area contributed by atoms with Gasteiger partial charge in [0, 0.05) is 17.0 Å². The number of hydrogen-bond acceptors (Lipinski definition) is 4. The highest BCUT2D eigenvalue weighted by atomic mass is 16.4. The zero-order valence-corrected chi connectivity index (χ0v) is 12.2. The van der Waals surface area contributed by atoms with Crippen LogP contribution in [0.1, 0.15) is 0 Å². The lowest BCUT2D eigenvalue weighted by molar-refractivity contribution is 0.426. The van der Waals surface area contributed by atoms with Crippen LogP contribution in [0.25, 0.3) is 33.1 Å². The second-order valence-electron chi connectivity index (χ2n) is 5.41. The molecule has 2 aromatic carbocycles. The molecule has 0 aliphatic heterocycles. The quantitative estimate of drug-likeness (QED) is 0.439. The molecule has 0 radical (unpaired) electrons. The molecule has 2 aromatic heterocycles. The molecule has 0 saturated heterocycles. The van der Waals surface area contributed by atoms with Crippen LogP contribution in [-0.4, -0.2) is 27.1 Å². The summed E-state index contributed by atoms with van der Waals surface area (Å²) < 4.78 is 0. The van der Waals surface area contributed by atoms with Crippen molar-refractivity contribution < 1.29 is 10.0 Å². The Morgan fingerprint density at radius 3 is 2.39 bits per heavy atom. The second-order valence-corrected chi connectivity index (χ2v) is 5.41. The Bertz CT molecular complexity index is 1020. The molecular weight excluding hydrogens is 287 g/mol. The normalized spacial score (nSPS) is 11.0. The van der Waals surface area contributed by atoms with Gasteiger partial charge in [-0.25, -0.2) is 4.98 Å². The maximum atomic E-state index is 9.33. The van der Waals surface area contributed by atoms with Crippen LogP contribution >= 0.6 is 0 Å². The summed E-state index contributed by atoms with van der Waals surface area (Å²) in [6.45, 7) is 0. The van der Waals surface area contributed by atoms with Crippen molar-refractivity contribution in [1.82, 2.24) is 9.97 Å². The van der Waals surface area contributed by atoms with Crippen molar-refractivity contribution in [3.05, 3.63) is 66.9 Å². The van der Waals surface area contributed by atoms with E-state index in [-0.39, 0.29) is 0 Å². The lowest BCUT2D eigenvalue weighted by Crippen LogP contribution is -2.29. The SMILES string of the molecule is OB(O)c1cccc(-c2ccc3ccc4cccnc4c3n2)c1. The lowest BCUT2D eigenvalue weighted by Gasteiger charge is -2.07. The Morgan fingerprint density at radius 2 is 1.57 bits per heavy atom. The number of hydrogen-bond donors (Lipinski definition) is 2. The van der Waals surface area contributed by atoms with Gasteiger partial charge in [-0.05, 0) is 23.2 Å². The molecule has 2 N–H and O–H groups in total. The largest absolute Gasteiger partial charge is 0.488 e. The molecule has 0 bridgehead atoms. The number of fused-ring (bicyclic) bond motifs is 3. The highest BCUT2D eigenvalue weighted by molar-refractivity contribution is 6.58. The van der Waals surface area contributed by atoms with E-state index in [1.165, 1.54) is 0 Å². The van der Waals surface area contributed by atoms with E-state index in [1.54, 1.807) is 24.4 Å². The van der Waals surface area contributed by atoms with Crippen molar-refractivity contribution in [3.63, 3.8) is 0 Å². The van der Waals surface area contributed by atoms with E-state index in [0.29, 0.717) is 5.46 Å². The number of rotatable bonds is 2. The van der Waals surface area contributed by atoms with E-state index in [4.69, 9.17) is 4.98 Å². The van der Waals surface area contributed by atoms with Crippen LogP contribution in [-0.2, 0) is 0 Å². The average molecular weight is 300 g/mol. The minimum Gasteiger partial charge on any atom is -0.423 e. The van der Waals surface area contributed by atoms with Crippen LogP contribution in [0.2, 0.25) is 0 Å². The third-order valence-corrected chi connectivity index (χ3v) is 3.91. The molecule has 110 valence electrons. The van der Waals surface area contributed by atoms with Crippen molar-refractivity contribution in [2.45, 2.75) is 0 Å². The third kappa shape index (κ3) is 2.46. The number of aromatic nitrogens is 2. The van der Waals surface area contributed by atoms with Crippen LogP contribution in [0.4, 0.5) is 0 Å². The van der Waals surface area contributed by atoms with E-state index in [2.05, 4.69) is 4.98 Å². The fraction of sp³-hybridized carbons (Fsp3) is 0. The van der Waals surface area contributed by atoms with Crippen molar-refractivity contribution >= 4 is 34.4 Å². The summed E-state index contributed by atoms with van der Waals surface area (Å²) in [4.78, 5) is 9.20. The molecule has 4 aromatic rings. The van der Waals surface area contributed by atoms with Crippen molar-refractivity contribution in [2.75, 3.05) is 0 Å². The summed E-state index contributed by atoms with van der Waals surface area (Å²) in [6, 6.07) is 19.0. The minimum absolute atomic E-state index is 0.445. The van der Waals surface area contributed by atoms with Crippen molar-refractivity contribution in [3.8, 4) is 11.3 Å². The lowest BCUT2D eigenvalue weighted by atomic mass is 9.79. The van der Waals surface area contributed by atoms with E-state index < -0.39 is 7.12 Å². The van der Waals surface area contributed by atoms with Gasteiger partial charge in [0.05, 0.1) is 16.7 Å². The molecule has 0 saturated carbocycles. The summed E-state index contributed by atoms with van der Waals surface area (Å²) in [5.41, 5.74) is 3.77. The first-order chi connectivity index (χ1) is 11.2. The Hall–Kier alpha value is -2.76. The van der Waals surface area contributed by atoms with Gasteiger partial charge in [0.2, 0.25) is 0 Å². The predicted octanol–water partition coefficient (Wildman–Crippen LogP) is 2.13. The van der Waals surface area contributed by atoms with Gasteiger partial charge in [-0.15, -0.1) is 0 Å². The van der Waals surface area contributed by atoms with E-state index in [9.17, 15) is 10.0 Å². The molecule has 23 heavy (non-hydrogen) atoms. The molecule has 2 heterocycles. The number of benzene rings is 2. The average Bonchev–Trinajstić information content (AvgIpc) is 2.61. The maximum Gasteiger partial charge on any atom is 0.488 e. The summed E-state index contributed by atoms with van der Waals surface area (Å²) in [7, 11) is -1.49. The first kappa shape index (κ1) is 13.9. The van der Waals surface area contributed by atoms with Gasteiger partial charge in [0.15, 0.2) is 0 Å². The number of pyridine rings is 2. The molecule has 0 fully saturated rings. The molecule has 0 aliphatic carbocycles. The Morgan fingerprint density at radius 1 is 0.783 bits per heavy atom. The highest BCUT2D eigenvalue weighted by Crippen LogP contribution is 2.25. The van der Waals surface area contributed by atoms with Gasteiger partial charge in [0.25, 0.3) is 0 Å². The predicted molar refractivity (Wildman–Crippen MR) is 92.3 cm³/mol. The Labute approximate surface area is 133 Å². The van der Waals surface area contributed by atoms with Gasteiger partial charge in [-0.2, -0.15) is 0 Å². The van der Waals surface area contributed by atoms with E-state index in [0.717, 1.165) is 33.1 Å². The summed E-state index contributed by atoms with van der Waals surface area (Å²) >= 11 is 0. The van der Waals surface area contributed by atoms with E-state index >= 15 is 0 Å². The first-order valence-corrected chi connectivity index (χ1v) is 7.33. The molecule has 4 rings (SSSR count). The van der Waals surface area contributed by atoms with Crippen LogP contribution in [0.15, 0.2) is 66.9 Å². The fourth-order valence-corrected chi connectivity index (χ4v) is 2.74. The van der Waals surface area contributed by atoms with Crippen LogP contribution in [0.3, 0.4) is 0 Å². The molecule has 0 spiro atoms. The summed E-state index contributed by atoms with van der Waals surface area (Å²) in [5.74, 6) is 0. The maximum absolute atomic E-state index is 9.33. The molecule has 0 unspecified atom stereocenters. The molecule has 4 nitrogen and oxygen atoms in total. The third-order valence-electron chi connectivity index (χ3n) is 3.91. The van der Waals surface area contributed by atoms with Crippen LogP contribution in [0.5, 0.6) is 0 Å². The monoisotopic (exact) mass is 300 g/mol. The zero-order valence-electron chi connectivity index (χ0n) is 12.2. The standard InChI is InChI=1S/C18H13BN2O2/c22-19(23)15-5-1-3-14(11-15)16-9-8-13-7-6-12-4-2-10-20-17(12)18(13)21-16/h1-11,22-23H. The Kier molecular flexibility index (Phi) is 3.30. The highest BCUT2D eigenvalue weighted by Gasteiger charge is 2.12. The second kappa shape index (κ2) is 5.46. The zero-order chi connectivity index (χ0) is 15.8. The van der Waals surface area contributed by atoms with Crippen LogP contribution in [0, 0.1) is 0 Å². The topological polar surface area (TPSA) is 66.2 Å². The minimum atomic E-state index is -1.49. The van der Waals surface area contributed by atoms with Crippen molar-refractivity contribution in [2.24, 2.45) is 0 Å². The van der Waals surface area contributed by atoms with E-state index in [1.807, 2.05) is 42.5 Å².